The molecule has 1 atom stereocenters. The first-order chi connectivity index (χ1) is 14.0. The van der Waals surface area contributed by atoms with Gasteiger partial charge in [-0.25, -0.2) is 0 Å². The van der Waals surface area contributed by atoms with Gasteiger partial charge in [0.1, 0.15) is 22.8 Å². The Kier molecular flexibility index (Phi) is 8.14. The number of rotatable bonds is 8. The molecule has 0 heterocycles. The maximum Gasteiger partial charge on any atom is 0.263 e. The maximum absolute atomic E-state index is 12.6. The van der Waals surface area contributed by atoms with Crippen molar-refractivity contribution in [3.63, 3.8) is 0 Å². The minimum atomic E-state index is -0.479. The second kappa shape index (κ2) is 10.8. The van der Waals surface area contributed by atoms with Crippen molar-refractivity contribution in [1.29, 1.82) is 10.5 Å². The van der Waals surface area contributed by atoms with Crippen molar-refractivity contribution in [3.05, 3.63) is 65.4 Å². The number of thioether (sulfide) groups is 1. The molecule has 0 aliphatic carbocycles. The van der Waals surface area contributed by atoms with Gasteiger partial charge in [-0.2, -0.15) is 10.5 Å². The monoisotopic (exact) mass is 406 g/mol. The maximum atomic E-state index is 12.6. The van der Waals surface area contributed by atoms with Gasteiger partial charge in [-0.1, -0.05) is 17.7 Å². The minimum absolute atomic E-state index is 0.0436. The fourth-order valence-electron chi connectivity index (χ4n) is 2.62. The summed E-state index contributed by atoms with van der Waals surface area (Å²) in [6.45, 7) is 6.25. The lowest BCUT2D eigenvalue weighted by Crippen LogP contribution is -2.28. The second-order valence-electron chi connectivity index (χ2n) is 6.20. The Hall–Kier alpha value is -3.42. The Morgan fingerprint density at radius 3 is 2.59 bits per heavy atom. The number of nitrogens with one attached hydrogen (secondary N) is 2. The lowest BCUT2D eigenvalue weighted by molar-refractivity contribution is -0.117. The number of carbonyl (C=O) groups excluding carboxylic acids is 1. The van der Waals surface area contributed by atoms with E-state index in [9.17, 15) is 10.1 Å². The predicted octanol–water partition coefficient (Wildman–Crippen LogP) is 4.66. The van der Waals surface area contributed by atoms with E-state index in [-0.39, 0.29) is 11.6 Å². The molecule has 2 aromatic rings. The molecule has 29 heavy (non-hydrogen) atoms. The standard InChI is InChI=1S/C22H22N4O2S/c1-4-28-21-10-5-15(2)11-20(21)16(3)26-22(27)17(12-23)13-25-18-6-8-19(9-7-18)29-14-24/h5-11,13,16,25H,4H2,1-3H3,(H,26,27)/b17-13-. The van der Waals surface area contributed by atoms with E-state index in [0.29, 0.717) is 18.0 Å². The van der Waals surface area contributed by atoms with Crippen LogP contribution in [0.1, 0.15) is 31.0 Å². The molecular formula is C22H22N4O2S. The van der Waals surface area contributed by atoms with Crippen LogP contribution in [0, 0.1) is 28.9 Å². The second-order valence-corrected chi connectivity index (χ2v) is 7.06. The van der Waals surface area contributed by atoms with Gasteiger partial charge in [0.05, 0.1) is 12.6 Å². The summed E-state index contributed by atoms with van der Waals surface area (Å²) < 4.78 is 5.65. The van der Waals surface area contributed by atoms with E-state index in [0.717, 1.165) is 27.8 Å². The number of ether oxygens (including phenoxy) is 1. The van der Waals surface area contributed by atoms with Crippen LogP contribution in [-0.4, -0.2) is 12.5 Å². The molecule has 2 rings (SSSR count). The number of nitrogens with zero attached hydrogens (tertiary/aromatic N) is 2. The largest absolute Gasteiger partial charge is 0.494 e. The molecule has 7 heteroatoms. The zero-order valence-electron chi connectivity index (χ0n) is 16.5. The summed E-state index contributed by atoms with van der Waals surface area (Å²) >= 11 is 1.06. The summed E-state index contributed by atoms with van der Waals surface area (Å²) in [5.41, 5.74) is 2.58. The van der Waals surface area contributed by atoms with Crippen LogP contribution >= 0.6 is 11.8 Å². The van der Waals surface area contributed by atoms with Gasteiger partial charge in [-0.05, 0) is 62.9 Å². The Balaban J connectivity index is 2.09. The number of benzene rings is 2. The molecule has 2 N–H and O–H groups in total. The van der Waals surface area contributed by atoms with E-state index in [1.807, 2.05) is 50.4 Å². The van der Waals surface area contributed by atoms with Crippen LogP contribution in [0.5, 0.6) is 5.75 Å². The minimum Gasteiger partial charge on any atom is -0.494 e. The Labute approximate surface area is 175 Å². The molecule has 0 fully saturated rings. The third kappa shape index (κ3) is 6.31. The molecule has 0 saturated heterocycles. The van der Waals surface area contributed by atoms with E-state index in [2.05, 4.69) is 10.6 Å². The van der Waals surface area contributed by atoms with Crippen LogP contribution in [0.3, 0.4) is 0 Å². The molecule has 0 aromatic heterocycles. The zero-order chi connectivity index (χ0) is 21.2. The van der Waals surface area contributed by atoms with Crippen LogP contribution < -0.4 is 15.4 Å². The number of hydrogen-bond acceptors (Lipinski definition) is 6. The van der Waals surface area contributed by atoms with Crippen LogP contribution in [0.25, 0.3) is 0 Å². The van der Waals surface area contributed by atoms with E-state index in [1.54, 1.807) is 24.3 Å². The van der Waals surface area contributed by atoms with Crippen LogP contribution in [0.4, 0.5) is 5.69 Å². The Morgan fingerprint density at radius 1 is 1.24 bits per heavy atom. The van der Waals surface area contributed by atoms with Gasteiger partial charge >= 0.3 is 0 Å². The summed E-state index contributed by atoms with van der Waals surface area (Å²) in [6.07, 6.45) is 1.37. The van der Waals surface area contributed by atoms with Crippen molar-refractivity contribution in [2.24, 2.45) is 0 Å². The van der Waals surface area contributed by atoms with Gasteiger partial charge in [0.15, 0.2) is 0 Å². The SMILES string of the molecule is CCOc1ccc(C)cc1C(C)NC(=O)/C(C#N)=C\Nc1ccc(SC#N)cc1. The third-order valence-corrected chi connectivity index (χ3v) is 4.64. The van der Waals surface area contributed by atoms with Crippen LogP contribution in [0.15, 0.2) is 59.1 Å². The first-order valence-corrected chi connectivity index (χ1v) is 9.87. The van der Waals surface area contributed by atoms with Crippen molar-refractivity contribution in [2.45, 2.75) is 31.7 Å². The highest BCUT2D eigenvalue weighted by molar-refractivity contribution is 8.03. The highest BCUT2D eigenvalue weighted by Gasteiger charge is 2.17. The topological polar surface area (TPSA) is 97.9 Å². The zero-order valence-corrected chi connectivity index (χ0v) is 17.3. The Bertz CT molecular complexity index is 972. The van der Waals surface area contributed by atoms with Crippen molar-refractivity contribution < 1.29 is 9.53 Å². The van der Waals surface area contributed by atoms with Gasteiger partial charge in [0, 0.05) is 22.3 Å². The molecule has 0 aliphatic heterocycles. The highest BCUT2D eigenvalue weighted by Crippen LogP contribution is 2.26. The summed E-state index contributed by atoms with van der Waals surface area (Å²) in [5, 5.41) is 25.8. The number of aryl methyl sites for hydroxylation is 1. The lowest BCUT2D eigenvalue weighted by Gasteiger charge is -2.18. The first-order valence-electron chi connectivity index (χ1n) is 9.05. The summed E-state index contributed by atoms with van der Waals surface area (Å²) in [4.78, 5) is 13.4. The number of nitriles is 2. The molecule has 1 amide bonds. The first kappa shape index (κ1) is 21.9. The number of amides is 1. The van der Waals surface area contributed by atoms with Gasteiger partial charge in [0.25, 0.3) is 5.91 Å². The molecule has 0 saturated carbocycles. The van der Waals surface area contributed by atoms with Crippen molar-refractivity contribution in [1.82, 2.24) is 5.32 Å². The summed E-state index contributed by atoms with van der Waals surface area (Å²) in [5.74, 6) is 0.231. The van der Waals surface area contributed by atoms with Crippen molar-refractivity contribution in [3.8, 4) is 17.2 Å². The number of anilines is 1. The highest BCUT2D eigenvalue weighted by atomic mass is 32.2. The molecular weight excluding hydrogens is 384 g/mol. The van der Waals surface area contributed by atoms with Crippen molar-refractivity contribution >= 4 is 23.4 Å². The third-order valence-electron chi connectivity index (χ3n) is 4.05. The average molecular weight is 407 g/mol. The average Bonchev–Trinajstić information content (AvgIpc) is 2.71. The Morgan fingerprint density at radius 2 is 1.97 bits per heavy atom. The normalized spacial score (nSPS) is 11.7. The fourth-order valence-corrected chi connectivity index (χ4v) is 3.00. The molecule has 1 unspecified atom stereocenters. The quantitative estimate of drug-likeness (QED) is 0.286. The van der Waals surface area contributed by atoms with E-state index in [4.69, 9.17) is 10.00 Å². The number of carbonyl (C=O) groups is 1. The van der Waals surface area contributed by atoms with Gasteiger partial charge < -0.3 is 15.4 Å². The summed E-state index contributed by atoms with van der Waals surface area (Å²) in [7, 11) is 0. The lowest BCUT2D eigenvalue weighted by atomic mass is 10.0. The molecule has 0 bridgehead atoms. The number of hydrogen-bond donors (Lipinski definition) is 2. The summed E-state index contributed by atoms with van der Waals surface area (Å²) in [6, 6.07) is 14.5. The fraction of sp³-hybridized carbons (Fsp3) is 0.227. The molecule has 2 aromatic carbocycles. The molecule has 0 spiro atoms. The van der Waals surface area contributed by atoms with Crippen LogP contribution in [-0.2, 0) is 4.79 Å². The van der Waals surface area contributed by atoms with E-state index in [1.165, 1.54) is 6.20 Å². The van der Waals surface area contributed by atoms with Crippen LogP contribution in [0.2, 0.25) is 0 Å². The smallest absolute Gasteiger partial charge is 0.263 e. The van der Waals surface area contributed by atoms with Crippen molar-refractivity contribution in [2.75, 3.05) is 11.9 Å². The van der Waals surface area contributed by atoms with Gasteiger partial charge in [0.2, 0.25) is 0 Å². The molecule has 0 radical (unpaired) electrons. The van der Waals surface area contributed by atoms with Gasteiger partial charge in [-0.15, -0.1) is 0 Å². The molecule has 6 nitrogen and oxygen atoms in total. The molecule has 148 valence electrons. The number of thiocyanates is 1. The molecule has 0 aliphatic rings. The predicted molar refractivity (Wildman–Crippen MR) is 114 cm³/mol. The van der Waals surface area contributed by atoms with E-state index < -0.39 is 5.91 Å². The van der Waals surface area contributed by atoms with Gasteiger partial charge in [-0.3, -0.25) is 4.79 Å². The van der Waals surface area contributed by atoms with E-state index >= 15 is 0 Å².